The number of pyridine rings is 1. The number of anilines is 3. The van der Waals surface area contributed by atoms with Gasteiger partial charge < -0.3 is 20.7 Å². The van der Waals surface area contributed by atoms with Gasteiger partial charge in [-0.3, -0.25) is 0 Å². The van der Waals surface area contributed by atoms with Gasteiger partial charge >= 0.3 is 6.03 Å². The van der Waals surface area contributed by atoms with Crippen molar-refractivity contribution in [2.75, 3.05) is 23.0 Å². The lowest BCUT2D eigenvalue weighted by atomic mass is 10.1. The molecule has 4 rings (SSSR count). The lowest BCUT2D eigenvalue weighted by Gasteiger charge is -2.12. The van der Waals surface area contributed by atoms with Crippen molar-refractivity contribution in [1.82, 2.24) is 15.0 Å². The molecule has 0 aliphatic carbocycles. The van der Waals surface area contributed by atoms with Crippen molar-refractivity contribution in [3.05, 3.63) is 84.2 Å². The van der Waals surface area contributed by atoms with Crippen LogP contribution in [0.25, 0.3) is 11.3 Å². The number of nitrogens with zero attached hydrogens (tertiary/aromatic N) is 3. The Morgan fingerprint density at radius 2 is 1.71 bits per heavy atom. The summed E-state index contributed by atoms with van der Waals surface area (Å²) >= 11 is 0. The second-order valence-electron chi connectivity index (χ2n) is 7.57. The number of carbonyl (C=O) groups excluding carboxylic acids is 1. The molecule has 0 aliphatic heterocycles. The number of nitrogens with one attached hydrogen (secondary N) is 3. The highest BCUT2D eigenvalue weighted by molar-refractivity contribution is 5.99. The first-order valence-electron chi connectivity index (χ1n) is 11.0. The number of urea groups is 1. The molecule has 2 amide bonds. The third-order valence-electron chi connectivity index (χ3n) is 5.24. The SMILES string of the molecule is CCc1cc(NC(=O)Nc2ccc(Oc3ncccc3-c3ccnc(NC)n3)cc2)ccc1C. The topological polar surface area (TPSA) is 101 Å². The number of rotatable bonds is 7. The van der Waals surface area contributed by atoms with Gasteiger partial charge in [0.05, 0.1) is 11.3 Å². The number of amides is 2. The quantitative estimate of drug-likeness (QED) is 0.322. The lowest BCUT2D eigenvalue weighted by molar-refractivity contribution is 0.262. The van der Waals surface area contributed by atoms with E-state index in [9.17, 15) is 4.79 Å². The maximum atomic E-state index is 12.4. The molecular formula is C26H26N6O2. The molecule has 4 aromatic rings. The van der Waals surface area contributed by atoms with Gasteiger partial charge in [-0.2, -0.15) is 0 Å². The molecular weight excluding hydrogens is 428 g/mol. The molecule has 0 radical (unpaired) electrons. The summed E-state index contributed by atoms with van der Waals surface area (Å²) in [6.45, 7) is 4.16. The van der Waals surface area contributed by atoms with Crippen LogP contribution in [0.15, 0.2) is 73.1 Å². The van der Waals surface area contributed by atoms with Crippen molar-refractivity contribution in [3.8, 4) is 22.9 Å². The summed E-state index contributed by atoms with van der Waals surface area (Å²) in [5.74, 6) is 1.52. The fourth-order valence-corrected chi connectivity index (χ4v) is 3.44. The molecule has 2 aromatic carbocycles. The molecule has 0 unspecified atom stereocenters. The van der Waals surface area contributed by atoms with Gasteiger partial charge in [-0.1, -0.05) is 13.0 Å². The second kappa shape index (κ2) is 10.4. The summed E-state index contributed by atoms with van der Waals surface area (Å²) in [6.07, 6.45) is 4.25. The van der Waals surface area contributed by atoms with Crippen LogP contribution in [-0.4, -0.2) is 28.0 Å². The summed E-state index contributed by atoms with van der Waals surface area (Å²) < 4.78 is 6.01. The Hall–Kier alpha value is -4.46. The van der Waals surface area contributed by atoms with E-state index in [1.165, 1.54) is 11.1 Å². The van der Waals surface area contributed by atoms with Crippen molar-refractivity contribution >= 4 is 23.4 Å². The smallest absolute Gasteiger partial charge is 0.323 e. The fourth-order valence-electron chi connectivity index (χ4n) is 3.44. The van der Waals surface area contributed by atoms with Gasteiger partial charge in [-0.25, -0.2) is 19.7 Å². The molecule has 0 aliphatic rings. The average molecular weight is 455 g/mol. The van der Waals surface area contributed by atoms with Crippen LogP contribution in [0, 0.1) is 6.92 Å². The predicted octanol–water partition coefficient (Wildman–Crippen LogP) is 5.89. The monoisotopic (exact) mass is 454 g/mol. The third kappa shape index (κ3) is 5.47. The Bertz CT molecular complexity index is 1290. The van der Waals surface area contributed by atoms with E-state index in [2.05, 4.69) is 44.7 Å². The van der Waals surface area contributed by atoms with Gasteiger partial charge in [-0.15, -0.1) is 0 Å². The summed E-state index contributed by atoms with van der Waals surface area (Å²) in [4.78, 5) is 25.4. The van der Waals surface area contributed by atoms with E-state index < -0.39 is 0 Å². The van der Waals surface area contributed by atoms with E-state index in [0.29, 0.717) is 29.0 Å². The Balaban J connectivity index is 1.43. The number of aryl methyl sites for hydroxylation is 2. The summed E-state index contributed by atoms with van der Waals surface area (Å²) in [5.41, 5.74) is 5.25. The van der Waals surface area contributed by atoms with E-state index >= 15 is 0 Å². The molecule has 0 saturated carbocycles. The molecule has 0 fully saturated rings. The molecule has 0 spiro atoms. The minimum absolute atomic E-state index is 0.310. The van der Waals surface area contributed by atoms with Crippen molar-refractivity contribution in [3.63, 3.8) is 0 Å². The maximum Gasteiger partial charge on any atom is 0.323 e. The lowest BCUT2D eigenvalue weighted by Crippen LogP contribution is -2.19. The van der Waals surface area contributed by atoms with Gasteiger partial charge in [-0.05, 0) is 79.1 Å². The van der Waals surface area contributed by atoms with Crippen molar-refractivity contribution < 1.29 is 9.53 Å². The van der Waals surface area contributed by atoms with Crippen LogP contribution in [0.2, 0.25) is 0 Å². The Morgan fingerprint density at radius 1 is 0.941 bits per heavy atom. The number of aromatic nitrogens is 3. The highest BCUT2D eigenvalue weighted by Gasteiger charge is 2.11. The number of ether oxygens (including phenoxy) is 1. The van der Waals surface area contributed by atoms with Crippen molar-refractivity contribution in [2.45, 2.75) is 20.3 Å². The van der Waals surface area contributed by atoms with E-state index in [-0.39, 0.29) is 6.03 Å². The number of benzene rings is 2. The summed E-state index contributed by atoms with van der Waals surface area (Å²) in [5, 5.41) is 8.64. The van der Waals surface area contributed by atoms with E-state index in [0.717, 1.165) is 17.7 Å². The Labute approximate surface area is 198 Å². The minimum atomic E-state index is -0.310. The van der Waals surface area contributed by atoms with Crippen LogP contribution in [0.4, 0.5) is 22.1 Å². The van der Waals surface area contributed by atoms with Gasteiger partial charge in [0.1, 0.15) is 5.75 Å². The summed E-state index contributed by atoms with van der Waals surface area (Å²) in [6, 6.07) is 18.2. The standard InChI is InChI=1S/C26H26N6O2/c1-4-18-16-20(8-7-17(18)2)31-26(33)30-19-9-11-21(12-10-19)34-24-22(6-5-14-28-24)23-13-15-29-25(27-3)32-23/h5-16H,4H2,1-3H3,(H,27,29,32)(H2,30,31,33). The Kier molecular flexibility index (Phi) is 6.98. The van der Waals surface area contributed by atoms with Gasteiger partial charge in [0.2, 0.25) is 11.8 Å². The zero-order chi connectivity index (χ0) is 23.9. The number of carbonyl (C=O) groups is 1. The average Bonchev–Trinajstić information content (AvgIpc) is 2.86. The predicted molar refractivity (Wildman–Crippen MR) is 135 cm³/mol. The van der Waals surface area contributed by atoms with Crippen molar-refractivity contribution in [2.24, 2.45) is 0 Å². The maximum absolute atomic E-state index is 12.4. The molecule has 8 heteroatoms. The highest BCUT2D eigenvalue weighted by atomic mass is 16.5. The van der Waals surface area contributed by atoms with Crippen LogP contribution >= 0.6 is 0 Å². The highest BCUT2D eigenvalue weighted by Crippen LogP contribution is 2.31. The van der Waals surface area contributed by atoms with Crippen LogP contribution in [0.5, 0.6) is 11.6 Å². The van der Waals surface area contributed by atoms with Crippen molar-refractivity contribution in [1.29, 1.82) is 0 Å². The molecule has 2 heterocycles. The first-order chi connectivity index (χ1) is 16.6. The van der Waals surface area contributed by atoms with E-state index in [1.807, 2.05) is 30.3 Å². The molecule has 0 bridgehead atoms. The first kappa shape index (κ1) is 22.7. The Morgan fingerprint density at radius 3 is 2.47 bits per heavy atom. The van der Waals surface area contributed by atoms with Gasteiger partial charge in [0.15, 0.2) is 0 Å². The van der Waals surface area contributed by atoms with E-state index in [1.54, 1.807) is 49.8 Å². The third-order valence-corrected chi connectivity index (χ3v) is 5.24. The molecule has 0 saturated heterocycles. The van der Waals surface area contributed by atoms with E-state index in [4.69, 9.17) is 4.74 Å². The van der Waals surface area contributed by atoms with Crippen LogP contribution < -0.4 is 20.7 Å². The molecule has 3 N–H and O–H groups in total. The van der Waals surface area contributed by atoms with Gasteiger partial charge in [0.25, 0.3) is 0 Å². The molecule has 8 nitrogen and oxygen atoms in total. The van der Waals surface area contributed by atoms with Gasteiger partial charge in [0, 0.05) is 30.8 Å². The fraction of sp³-hybridized carbons (Fsp3) is 0.154. The number of hydrogen-bond acceptors (Lipinski definition) is 6. The molecule has 0 atom stereocenters. The first-order valence-corrected chi connectivity index (χ1v) is 11.0. The minimum Gasteiger partial charge on any atom is -0.438 e. The number of hydrogen-bond donors (Lipinski definition) is 3. The normalized spacial score (nSPS) is 10.4. The largest absolute Gasteiger partial charge is 0.438 e. The molecule has 2 aromatic heterocycles. The van der Waals surface area contributed by atoms with Crippen LogP contribution in [0.3, 0.4) is 0 Å². The summed E-state index contributed by atoms with van der Waals surface area (Å²) in [7, 11) is 1.76. The van der Waals surface area contributed by atoms with Crippen LogP contribution in [-0.2, 0) is 6.42 Å². The second-order valence-corrected chi connectivity index (χ2v) is 7.57. The molecule has 172 valence electrons. The van der Waals surface area contributed by atoms with Crippen LogP contribution in [0.1, 0.15) is 18.1 Å². The molecule has 34 heavy (non-hydrogen) atoms. The zero-order valence-corrected chi connectivity index (χ0v) is 19.3. The zero-order valence-electron chi connectivity index (χ0n) is 19.3.